The van der Waals surface area contributed by atoms with E-state index >= 15 is 0 Å². The van der Waals surface area contributed by atoms with Gasteiger partial charge in [-0.1, -0.05) is 12.1 Å². The Morgan fingerprint density at radius 1 is 1.12 bits per heavy atom. The Morgan fingerprint density at radius 3 is 2.46 bits per heavy atom. The van der Waals surface area contributed by atoms with Gasteiger partial charge in [-0.3, -0.25) is 4.79 Å². The monoisotopic (exact) mass is 360 g/mol. The third-order valence-electron chi connectivity index (χ3n) is 4.22. The van der Waals surface area contributed by atoms with Crippen molar-refractivity contribution in [3.8, 4) is 11.5 Å². The summed E-state index contributed by atoms with van der Waals surface area (Å²) >= 11 is 0. The molecule has 0 unspecified atom stereocenters. The Bertz CT molecular complexity index is 791. The summed E-state index contributed by atoms with van der Waals surface area (Å²) in [7, 11) is 2.88. The number of halogens is 1. The summed E-state index contributed by atoms with van der Waals surface area (Å²) in [6.07, 6.45) is 0. The lowest BCUT2D eigenvalue weighted by atomic mass is 10.1. The van der Waals surface area contributed by atoms with Crippen LogP contribution in [-0.4, -0.2) is 46.4 Å². The molecule has 0 spiro atoms. The Morgan fingerprint density at radius 2 is 1.77 bits per heavy atom. The number of carbonyl (C=O) groups excluding carboxylic acids is 1. The molecule has 1 N–H and O–H groups in total. The van der Waals surface area contributed by atoms with Crippen LogP contribution in [0.2, 0.25) is 0 Å². The van der Waals surface area contributed by atoms with Gasteiger partial charge in [0, 0.05) is 30.9 Å². The van der Waals surface area contributed by atoms with Crippen molar-refractivity contribution in [2.45, 2.75) is 0 Å². The van der Waals surface area contributed by atoms with Crippen molar-refractivity contribution >= 4 is 17.3 Å². The molecule has 0 aromatic heterocycles. The van der Waals surface area contributed by atoms with Crippen LogP contribution in [0, 0.1) is 5.82 Å². The third-order valence-corrected chi connectivity index (χ3v) is 4.22. The molecule has 1 fully saturated rings. The first-order valence-electron chi connectivity index (χ1n) is 8.28. The Kier molecular flexibility index (Phi) is 5.58. The van der Waals surface area contributed by atoms with Gasteiger partial charge in [-0.2, -0.15) is 0 Å². The zero-order valence-corrected chi connectivity index (χ0v) is 14.8. The number of benzene rings is 2. The maximum absolute atomic E-state index is 14.3. The van der Waals surface area contributed by atoms with E-state index in [1.54, 1.807) is 12.1 Å². The number of anilines is 2. The number of nitrogens with one attached hydrogen (secondary N) is 1. The van der Waals surface area contributed by atoms with E-state index in [4.69, 9.17) is 14.2 Å². The molecule has 1 aliphatic heterocycles. The minimum atomic E-state index is -0.597. The van der Waals surface area contributed by atoms with Crippen LogP contribution >= 0.6 is 0 Å². The molecule has 0 aliphatic carbocycles. The van der Waals surface area contributed by atoms with Crippen molar-refractivity contribution in [2.75, 3.05) is 50.7 Å². The molecule has 26 heavy (non-hydrogen) atoms. The number of amides is 1. The molecule has 3 rings (SSSR count). The number of ether oxygens (including phenoxy) is 3. The van der Waals surface area contributed by atoms with E-state index in [0.717, 1.165) is 5.69 Å². The Balaban J connectivity index is 1.87. The largest absolute Gasteiger partial charge is 0.493 e. The number of rotatable bonds is 5. The van der Waals surface area contributed by atoms with E-state index in [9.17, 15) is 9.18 Å². The summed E-state index contributed by atoms with van der Waals surface area (Å²) in [6.45, 7) is 2.63. The molecule has 1 aliphatic rings. The first kappa shape index (κ1) is 18.0. The van der Waals surface area contributed by atoms with Crippen molar-refractivity contribution < 1.29 is 23.4 Å². The smallest absolute Gasteiger partial charge is 0.257 e. The minimum Gasteiger partial charge on any atom is -0.493 e. The van der Waals surface area contributed by atoms with E-state index in [0.29, 0.717) is 37.6 Å². The molecular weight excluding hydrogens is 339 g/mol. The highest BCUT2D eigenvalue weighted by Crippen LogP contribution is 2.33. The predicted octanol–water partition coefficient (Wildman–Crippen LogP) is 2.93. The van der Waals surface area contributed by atoms with Crippen molar-refractivity contribution in [2.24, 2.45) is 0 Å². The summed E-state index contributed by atoms with van der Waals surface area (Å²) < 4.78 is 29.9. The van der Waals surface area contributed by atoms with Gasteiger partial charge in [-0.25, -0.2) is 4.39 Å². The lowest BCUT2D eigenvalue weighted by Crippen LogP contribution is -2.37. The van der Waals surface area contributed by atoms with Gasteiger partial charge >= 0.3 is 0 Å². The molecule has 0 bridgehead atoms. The summed E-state index contributed by atoms with van der Waals surface area (Å²) in [5.74, 6) is -0.388. The average molecular weight is 360 g/mol. The number of carbonyl (C=O) groups is 1. The van der Waals surface area contributed by atoms with E-state index in [-0.39, 0.29) is 11.4 Å². The maximum Gasteiger partial charge on any atom is 0.257 e. The second kappa shape index (κ2) is 8.05. The van der Waals surface area contributed by atoms with Gasteiger partial charge in [0.25, 0.3) is 5.91 Å². The van der Waals surface area contributed by atoms with Gasteiger partial charge in [0.15, 0.2) is 17.3 Å². The third kappa shape index (κ3) is 3.72. The standard InChI is InChI=1S/C19H21FN2O4/c1-24-17-11-14(20)15(12-18(17)25-2)21-19(23)13-5-3-4-6-16(13)22-7-9-26-10-8-22/h3-6,11-12H,7-10H2,1-2H3,(H,21,23). The fourth-order valence-electron chi connectivity index (χ4n) is 2.89. The molecule has 2 aromatic rings. The summed E-state index contributed by atoms with van der Waals surface area (Å²) in [4.78, 5) is 14.9. The van der Waals surface area contributed by atoms with Crippen LogP contribution in [0.1, 0.15) is 10.4 Å². The number of para-hydroxylation sites is 1. The highest BCUT2D eigenvalue weighted by atomic mass is 19.1. The number of nitrogens with zero attached hydrogens (tertiary/aromatic N) is 1. The Hall–Kier alpha value is -2.80. The molecule has 2 aromatic carbocycles. The predicted molar refractivity (Wildman–Crippen MR) is 96.9 cm³/mol. The van der Waals surface area contributed by atoms with Gasteiger partial charge in [0.2, 0.25) is 0 Å². The van der Waals surface area contributed by atoms with Crippen molar-refractivity contribution in [3.05, 3.63) is 47.8 Å². The number of morpholine rings is 1. The zero-order chi connectivity index (χ0) is 18.5. The van der Waals surface area contributed by atoms with Gasteiger partial charge in [0.05, 0.1) is 38.7 Å². The molecule has 6 nitrogen and oxygen atoms in total. The van der Waals surface area contributed by atoms with Gasteiger partial charge in [0.1, 0.15) is 0 Å². The van der Waals surface area contributed by atoms with Crippen LogP contribution in [0.3, 0.4) is 0 Å². The first-order valence-corrected chi connectivity index (χ1v) is 8.28. The molecule has 0 radical (unpaired) electrons. The lowest BCUT2D eigenvalue weighted by molar-refractivity contribution is 0.102. The summed E-state index contributed by atoms with van der Waals surface area (Å²) in [5.41, 5.74) is 1.31. The highest BCUT2D eigenvalue weighted by molar-refractivity contribution is 6.08. The molecule has 1 heterocycles. The quantitative estimate of drug-likeness (QED) is 0.888. The second-order valence-electron chi connectivity index (χ2n) is 5.76. The van der Waals surface area contributed by atoms with Crippen LogP contribution in [0.4, 0.5) is 15.8 Å². The summed E-state index contributed by atoms with van der Waals surface area (Å²) in [5, 5.41) is 2.62. The van der Waals surface area contributed by atoms with Gasteiger partial charge in [-0.05, 0) is 12.1 Å². The van der Waals surface area contributed by atoms with Crippen LogP contribution in [0.5, 0.6) is 11.5 Å². The number of hydrogen-bond donors (Lipinski definition) is 1. The maximum atomic E-state index is 14.3. The fraction of sp³-hybridized carbons (Fsp3) is 0.316. The normalized spacial score (nSPS) is 14.0. The number of hydrogen-bond acceptors (Lipinski definition) is 5. The molecule has 0 saturated carbocycles. The van der Waals surface area contributed by atoms with Gasteiger partial charge < -0.3 is 24.4 Å². The SMILES string of the molecule is COc1cc(F)c(NC(=O)c2ccccc2N2CCOCC2)cc1OC. The van der Waals surface area contributed by atoms with Crippen LogP contribution in [0.15, 0.2) is 36.4 Å². The topological polar surface area (TPSA) is 60.0 Å². The average Bonchev–Trinajstić information content (AvgIpc) is 2.69. The van der Waals surface area contributed by atoms with Crippen LogP contribution in [0.25, 0.3) is 0 Å². The van der Waals surface area contributed by atoms with E-state index in [1.165, 1.54) is 26.4 Å². The minimum absolute atomic E-state index is 0.0319. The van der Waals surface area contributed by atoms with Gasteiger partial charge in [-0.15, -0.1) is 0 Å². The van der Waals surface area contributed by atoms with Crippen molar-refractivity contribution in [1.82, 2.24) is 0 Å². The zero-order valence-electron chi connectivity index (χ0n) is 14.8. The molecule has 138 valence electrons. The molecule has 1 saturated heterocycles. The van der Waals surface area contributed by atoms with Crippen molar-refractivity contribution in [1.29, 1.82) is 0 Å². The molecule has 1 amide bonds. The second-order valence-corrected chi connectivity index (χ2v) is 5.76. The highest BCUT2D eigenvalue weighted by Gasteiger charge is 2.20. The number of methoxy groups -OCH3 is 2. The first-order chi connectivity index (χ1) is 12.6. The molecule has 7 heteroatoms. The molecule has 0 atom stereocenters. The van der Waals surface area contributed by atoms with Crippen LogP contribution < -0.4 is 19.7 Å². The van der Waals surface area contributed by atoms with E-state index in [2.05, 4.69) is 10.2 Å². The molecular formula is C19H21FN2O4. The van der Waals surface area contributed by atoms with Crippen molar-refractivity contribution in [3.63, 3.8) is 0 Å². The summed E-state index contributed by atoms with van der Waals surface area (Å²) in [6, 6.07) is 9.85. The Labute approximate surface area is 151 Å². The fourth-order valence-corrected chi connectivity index (χ4v) is 2.89. The van der Waals surface area contributed by atoms with Crippen LogP contribution in [-0.2, 0) is 4.74 Å². The van der Waals surface area contributed by atoms with E-state index in [1.807, 2.05) is 12.1 Å². The lowest BCUT2D eigenvalue weighted by Gasteiger charge is -2.30. The van der Waals surface area contributed by atoms with E-state index < -0.39 is 11.7 Å².